The van der Waals surface area contributed by atoms with Gasteiger partial charge in [0, 0.05) is 29.9 Å². The molecule has 3 aromatic rings. The average Bonchev–Trinajstić information content (AvgIpc) is 3.19. The first-order valence-corrected chi connectivity index (χ1v) is 12.6. The van der Waals surface area contributed by atoms with E-state index in [4.69, 9.17) is 0 Å². The molecule has 1 heterocycles. The van der Waals surface area contributed by atoms with Crippen molar-refractivity contribution in [1.29, 1.82) is 0 Å². The minimum Gasteiger partial charge on any atom is -0.322 e. The highest BCUT2D eigenvalue weighted by Gasteiger charge is 2.16. The predicted octanol–water partition coefficient (Wildman–Crippen LogP) is 2.59. The summed E-state index contributed by atoms with van der Waals surface area (Å²) in [6, 6.07) is 11.7. The fourth-order valence-electron chi connectivity index (χ4n) is 2.38. The lowest BCUT2D eigenvalue weighted by molar-refractivity contribution is 0.102. The molecule has 0 radical (unpaired) electrons. The molecule has 0 fully saturated rings. The average molecular weight is 467 g/mol. The molecule has 30 heavy (non-hydrogen) atoms. The molecule has 2 aromatic carbocycles. The van der Waals surface area contributed by atoms with E-state index in [2.05, 4.69) is 15.0 Å². The maximum atomic E-state index is 12.4. The van der Waals surface area contributed by atoms with Gasteiger partial charge in [-0.05, 0) is 48.5 Å². The lowest BCUT2D eigenvalue weighted by atomic mass is 10.2. The molecule has 12 heteroatoms. The van der Waals surface area contributed by atoms with E-state index in [0.717, 1.165) is 21.9 Å². The largest absolute Gasteiger partial charge is 0.322 e. The third-order valence-corrected chi connectivity index (χ3v) is 7.45. The van der Waals surface area contributed by atoms with Crippen LogP contribution in [0, 0.1) is 0 Å². The SMILES string of the molecule is CN(c1ccc(C(=O)Nc2ccc(S(=O)(=O)Nc3nccs3)cc2)cc1)S(C)(=O)=O. The van der Waals surface area contributed by atoms with Gasteiger partial charge in [-0.3, -0.25) is 13.8 Å². The number of nitrogens with zero attached hydrogens (tertiary/aromatic N) is 2. The number of rotatable bonds is 7. The zero-order chi connectivity index (χ0) is 21.9. The van der Waals surface area contributed by atoms with E-state index in [9.17, 15) is 21.6 Å². The minimum absolute atomic E-state index is 0.0314. The van der Waals surface area contributed by atoms with Gasteiger partial charge in [0.05, 0.1) is 16.8 Å². The van der Waals surface area contributed by atoms with Crippen molar-refractivity contribution in [3.63, 3.8) is 0 Å². The second-order valence-electron chi connectivity index (χ2n) is 6.20. The van der Waals surface area contributed by atoms with E-state index >= 15 is 0 Å². The predicted molar refractivity (Wildman–Crippen MR) is 117 cm³/mol. The topological polar surface area (TPSA) is 126 Å². The van der Waals surface area contributed by atoms with Gasteiger partial charge in [-0.15, -0.1) is 11.3 Å². The summed E-state index contributed by atoms with van der Waals surface area (Å²) in [5, 5.41) is 4.58. The second-order valence-corrected chi connectivity index (χ2v) is 10.8. The van der Waals surface area contributed by atoms with Gasteiger partial charge in [0.25, 0.3) is 15.9 Å². The summed E-state index contributed by atoms with van der Waals surface area (Å²) in [5.41, 5.74) is 1.16. The highest BCUT2D eigenvalue weighted by Crippen LogP contribution is 2.21. The number of benzene rings is 2. The van der Waals surface area contributed by atoms with E-state index in [1.165, 1.54) is 61.8 Å². The van der Waals surface area contributed by atoms with Gasteiger partial charge in [-0.25, -0.2) is 21.8 Å². The van der Waals surface area contributed by atoms with E-state index in [1.807, 2.05) is 0 Å². The Hall–Kier alpha value is -2.96. The van der Waals surface area contributed by atoms with Crippen LogP contribution < -0.4 is 14.3 Å². The highest BCUT2D eigenvalue weighted by atomic mass is 32.2. The molecule has 0 atom stereocenters. The van der Waals surface area contributed by atoms with E-state index in [-0.39, 0.29) is 10.0 Å². The smallest absolute Gasteiger partial charge is 0.263 e. The molecule has 3 rings (SSSR count). The summed E-state index contributed by atoms with van der Waals surface area (Å²) < 4.78 is 51.3. The summed E-state index contributed by atoms with van der Waals surface area (Å²) >= 11 is 1.16. The van der Waals surface area contributed by atoms with Crippen molar-refractivity contribution in [1.82, 2.24) is 4.98 Å². The molecular weight excluding hydrogens is 448 g/mol. The van der Waals surface area contributed by atoms with E-state index in [0.29, 0.717) is 16.9 Å². The number of nitrogens with one attached hydrogen (secondary N) is 2. The van der Waals surface area contributed by atoms with Crippen LogP contribution in [0.4, 0.5) is 16.5 Å². The Morgan fingerprint density at radius 1 is 1.00 bits per heavy atom. The van der Waals surface area contributed by atoms with E-state index in [1.54, 1.807) is 5.38 Å². The van der Waals surface area contributed by atoms with Crippen LogP contribution in [-0.2, 0) is 20.0 Å². The monoisotopic (exact) mass is 466 g/mol. The van der Waals surface area contributed by atoms with Crippen molar-refractivity contribution in [3.8, 4) is 0 Å². The summed E-state index contributed by atoms with van der Waals surface area (Å²) in [5.74, 6) is -0.417. The zero-order valence-electron chi connectivity index (χ0n) is 15.9. The number of hydrogen-bond acceptors (Lipinski definition) is 7. The first-order chi connectivity index (χ1) is 14.1. The first-order valence-electron chi connectivity index (χ1n) is 8.44. The van der Waals surface area contributed by atoms with Crippen molar-refractivity contribution in [3.05, 3.63) is 65.7 Å². The summed E-state index contributed by atoms with van der Waals surface area (Å²) in [6.45, 7) is 0. The molecule has 1 amide bonds. The van der Waals surface area contributed by atoms with Gasteiger partial charge in [0.15, 0.2) is 5.13 Å². The van der Waals surface area contributed by atoms with Crippen LogP contribution in [0.1, 0.15) is 10.4 Å². The molecule has 0 saturated heterocycles. The van der Waals surface area contributed by atoms with Crippen molar-refractivity contribution < 1.29 is 21.6 Å². The molecule has 0 aliphatic carbocycles. The summed E-state index contributed by atoms with van der Waals surface area (Å²) in [4.78, 5) is 16.3. The summed E-state index contributed by atoms with van der Waals surface area (Å²) in [6.07, 6.45) is 2.58. The fourth-order valence-corrected chi connectivity index (χ4v) is 4.68. The van der Waals surface area contributed by atoms with Crippen LogP contribution in [0.3, 0.4) is 0 Å². The molecule has 1 aromatic heterocycles. The number of anilines is 3. The van der Waals surface area contributed by atoms with Gasteiger partial charge in [-0.2, -0.15) is 0 Å². The third kappa shape index (κ3) is 5.14. The number of amides is 1. The molecule has 9 nitrogen and oxygen atoms in total. The Labute approximate surface area is 178 Å². The molecule has 0 saturated carbocycles. The first kappa shape index (κ1) is 21.7. The number of hydrogen-bond donors (Lipinski definition) is 2. The molecular formula is C18H18N4O5S3. The number of aromatic nitrogens is 1. The van der Waals surface area contributed by atoms with Crippen molar-refractivity contribution >= 4 is 53.8 Å². The zero-order valence-corrected chi connectivity index (χ0v) is 18.4. The molecule has 0 aliphatic rings. The molecule has 0 spiro atoms. The Bertz CT molecular complexity index is 1240. The van der Waals surface area contributed by atoms with Crippen LogP contribution in [-0.4, -0.2) is 41.0 Å². The molecule has 2 N–H and O–H groups in total. The fraction of sp³-hybridized carbons (Fsp3) is 0.111. The highest BCUT2D eigenvalue weighted by molar-refractivity contribution is 7.93. The van der Waals surface area contributed by atoms with Gasteiger partial charge in [0.1, 0.15) is 0 Å². The van der Waals surface area contributed by atoms with Gasteiger partial charge >= 0.3 is 0 Å². The molecule has 0 unspecified atom stereocenters. The van der Waals surface area contributed by atoms with Crippen molar-refractivity contribution in [2.75, 3.05) is 27.6 Å². The number of sulfonamides is 2. The summed E-state index contributed by atoms with van der Waals surface area (Å²) in [7, 11) is -5.75. The quantitative estimate of drug-likeness (QED) is 0.551. The normalized spacial score (nSPS) is 11.7. The Morgan fingerprint density at radius 2 is 1.63 bits per heavy atom. The van der Waals surface area contributed by atoms with Crippen LogP contribution in [0.2, 0.25) is 0 Å². The maximum absolute atomic E-state index is 12.4. The standard InChI is InChI=1S/C18H18N4O5S3/c1-22(29(2,24)25)15-7-3-13(4-8-15)17(23)20-14-5-9-16(10-6-14)30(26,27)21-18-19-11-12-28-18/h3-12H,1-2H3,(H,19,21)(H,20,23). The lowest BCUT2D eigenvalue weighted by Crippen LogP contribution is -2.24. The number of carbonyl (C=O) groups is 1. The Morgan fingerprint density at radius 3 is 2.17 bits per heavy atom. The van der Waals surface area contributed by atoms with Crippen LogP contribution in [0.5, 0.6) is 0 Å². The number of thiazole rings is 1. The number of carbonyl (C=O) groups excluding carboxylic acids is 1. The lowest BCUT2D eigenvalue weighted by Gasteiger charge is -2.16. The third-order valence-electron chi connectivity index (χ3n) is 4.07. The molecule has 158 valence electrons. The van der Waals surface area contributed by atoms with Gasteiger partial charge in [-0.1, -0.05) is 0 Å². The van der Waals surface area contributed by atoms with Gasteiger partial charge < -0.3 is 5.32 Å². The van der Waals surface area contributed by atoms with Crippen molar-refractivity contribution in [2.24, 2.45) is 0 Å². The van der Waals surface area contributed by atoms with Crippen LogP contribution >= 0.6 is 11.3 Å². The molecule has 0 aliphatic heterocycles. The van der Waals surface area contributed by atoms with Gasteiger partial charge in [0.2, 0.25) is 10.0 Å². The second kappa shape index (κ2) is 8.42. The van der Waals surface area contributed by atoms with Crippen molar-refractivity contribution in [2.45, 2.75) is 4.90 Å². The van der Waals surface area contributed by atoms with Crippen LogP contribution in [0.25, 0.3) is 0 Å². The molecule has 0 bridgehead atoms. The maximum Gasteiger partial charge on any atom is 0.263 e. The van der Waals surface area contributed by atoms with E-state index < -0.39 is 26.0 Å². The minimum atomic E-state index is -3.77. The Balaban J connectivity index is 1.69. The van der Waals surface area contributed by atoms with Crippen LogP contribution in [0.15, 0.2) is 65.0 Å². The Kier molecular flexibility index (Phi) is 6.10.